The average molecular weight is 293 g/mol. The van der Waals surface area contributed by atoms with Crippen LogP contribution in [-0.4, -0.2) is 20.1 Å². The molecule has 0 unspecified atom stereocenters. The van der Waals surface area contributed by atoms with Crippen molar-refractivity contribution < 1.29 is 0 Å². The van der Waals surface area contributed by atoms with E-state index < -0.39 is 0 Å². The summed E-state index contributed by atoms with van der Waals surface area (Å²) in [5, 5.41) is 6.44. The van der Waals surface area contributed by atoms with Gasteiger partial charge in [0.2, 0.25) is 0 Å². The number of anilines is 1. The van der Waals surface area contributed by atoms with Crippen molar-refractivity contribution >= 4 is 11.3 Å². The summed E-state index contributed by atoms with van der Waals surface area (Å²) in [6, 6.07) is 8.61. The lowest BCUT2D eigenvalue weighted by Gasteiger charge is -2.14. The normalized spacial score (nSPS) is 12.2. The van der Waals surface area contributed by atoms with E-state index in [1.165, 1.54) is 23.2 Å². The fraction of sp³-hybridized carbons (Fsp3) is 0.579. The number of nitrogens with one attached hydrogen (secondary N) is 2. The molecule has 2 nitrogen and oxygen atoms in total. The van der Waals surface area contributed by atoms with Crippen LogP contribution in [0.15, 0.2) is 30.3 Å². The minimum atomic E-state index is 1.00. The van der Waals surface area contributed by atoms with Crippen molar-refractivity contribution in [3.05, 3.63) is 35.9 Å². The Bertz CT molecular complexity index is 339. The van der Waals surface area contributed by atoms with Crippen molar-refractivity contribution in [2.45, 2.75) is 54.4 Å². The molecule has 2 N–H and O–H groups in total. The molecule has 0 atom stereocenters. The van der Waals surface area contributed by atoms with Gasteiger partial charge in [-0.3, -0.25) is 0 Å². The topological polar surface area (TPSA) is 24.1 Å². The second-order valence-corrected chi connectivity index (χ2v) is 4.22. The molecule has 1 aromatic rings. The number of hydrogen-bond donors (Lipinski definition) is 2. The van der Waals surface area contributed by atoms with E-state index in [1.54, 1.807) is 0 Å². The zero-order chi connectivity index (χ0) is 16.5. The number of benzene rings is 1. The van der Waals surface area contributed by atoms with Gasteiger partial charge in [0.1, 0.15) is 0 Å². The van der Waals surface area contributed by atoms with Gasteiger partial charge in [-0.25, -0.2) is 0 Å². The quantitative estimate of drug-likeness (QED) is 0.744. The van der Waals surface area contributed by atoms with Gasteiger partial charge < -0.3 is 10.6 Å². The molecule has 0 spiro atoms. The predicted octanol–water partition coefficient (Wildman–Crippen LogP) is 5.57. The van der Waals surface area contributed by atoms with Gasteiger partial charge in [-0.1, -0.05) is 66.2 Å². The molecule has 0 saturated heterocycles. The number of hydrogen-bond acceptors (Lipinski definition) is 2. The molecule has 0 aromatic heterocycles. The van der Waals surface area contributed by atoms with E-state index in [9.17, 15) is 0 Å². The first-order valence-corrected chi connectivity index (χ1v) is 8.49. The summed E-state index contributed by atoms with van der Waals surface area (Å²) in [5.41, 5.74) is 3.99. The summed E-state index contributed by atoms with van der Waals surface area (Å²) in [4.78, 5) is 0. The summed E-state index contributed by atoms with van der Waals surface area (Å²) in [6.07, 6.45) is 4.66. The summed E-state index contributed by atoms with van der Waals surface area (Å²) in [5.74, 6) is 0. The van der Waals surface area contributed by atoms with Crippen LogP contribution >= 0.6 is 0 Å². The van der Waals surface area contributed by atoms with E-state index in [2.05, 4.69) is 54.8 Å². The van der Waals surface area contributed by atoms with Crippen molar-refractivity contribution in [1.29, 1.82) is 0 Å². The molecule has 0 fully saturated rings. The van der Waals surface area contributed by atoms with Gasteiger partial charge in [-0.15, -0.1) is 0 Å². The van der Waals surface area contributed by atoms with Gasteiger partial charge in [0, 0.05) is 19.3 Å². The fourth-order valence-corrected chi connectivity index (χ4v) is 1.74. The Morgan fingerprint density at radius 2 is 1.52 bits per heavy atom. The first kappa shape index (κ1) is 22.0. The summed E-state index contributed by atoms with van der Waals surface area (Å²) >= 11 is 0. The third-order valence-corrected chi connectivity index (χ3v) is 2.61. The highest BCUT2D eigenvalue weighted by atomic mass is 14.8. The molecule has 21 heavy (non-hydrogen) atoms. The van der Waals surface area contributed by atoms with E-state index in [0.717, 1.165) is 19.5 Å². The van der Waals surface area contributed by atoms with Crippen LogP contribution in [0.25, 0.3) is 5.57 Å². The van der Waals surface area contributed by atoms with Crippen LogP contribution in [0.1, 0.15) is 59.9 Å². The molecule has 0 radical (unpaired) electrons. The molecular weight excluding hydrogens is 256 g/mol. The van der Waals surface area contributed by atoms with Crippen molar-refractivity contribution in [3.8, 4) is 0 Å². The average Bonchev–Trinajstić information content (AvgIpc) is 2.60. The monoisotopic (exact) mass is 292 g/mol. The Balaban J connectivity index is 0. The van der Waals surface area contributed by atoms with Crippen LogP contribution < -0.4 is 10.6 Å². The molecule has 1 aliphatic heterocycles. The Morgan fingerprint density at radius 1 is 1.00 bits per heavy atom. The van der Waals surface area contributed by atoms with E-state index >= 15 is 0 Å². The smallest absolute Gasteiger partial charge is 0.0337 e. The second kappa shape index (κ2) is 16.8. The van der Waals surface area contributed by atoms with Crippen molar-refractivity contribution in [1.82, 2.24) is 5.32 Å². The zero-order valence-corrected chi connectivity index (χ0v) is 15.2. The van der Waals surface area contributed by atoms with E-state index in [4.69, 9.17) is 0 Å². The van der Waals surface area contributed by atoms with Gasteiger partial charge in [0.05, 0.1) is 0 Å². The largest absolute Gasteiger partial charge is 0.388 e. The summed E-state index contributed by atoms with van der Waals surface area (Å²) in [6.45, 7) is 14.3. The predicted molar refractivity (Wildman–Crippen MR) is 100 cm³/mol. The maximum Gasteiger partial charge on any atom is 0.0337 e. The Hall–Kier alpha value is -1.28. The Kier molecular flexibility index (Phi) is 17.6. The van der Waals surface area contributed by atoms with Crippen LogP contribution in [0.3, 0.4) is 0 Å². The molecule has 1 aromatic carbocycles. The molecule has 0 bridgehead atoms. The molecule has 0 saturated carbocycles. The molecule has 1 aliphatic rings. The lowest BCUT2D eigenvalue weighted by atomic mass is 10.0. The van der Waals surface area contributed by atoms with Gasteiger partial charge in [0.15, 0.2) is 0 Å². The third-order valence-electron chi connectivity index (χ3n) is 2.61. The first-order valence-electron chi connectivity index (χ1n) is 8.49. The number of rotatable bonds is 2. The van der Waals surface area contributed by atoms with Gasteiger partial charge in [0.25, 0.3) is 0 Å². The van der Waals surface area contributed by atoms with E-state index in [-0.39, 0.29) is 0 Å². The second-order valence-electron chi connectivity index (χ2n) is 4.22. The lowest BCUT2D eigenvalue weighted by Crippen LogP contribution is -2.19. The lowest BCUT2D eigenvalue weighted by molar-refractivity contribution is 0.738. The van der Waals surface area contributed by atoms with Crippen molar-refractivity contribution in [2.75, 3.05) is 25.5 Å². The van der Waals surface area contributed by atoms with Crippen LogP contribution in [0.2, 0.25) is 0 Å². The van der Waals surface area contributed by atoms with E-state index in [0.29, 0.717) is 0 Å². The van der Waals surface area contributed by atoms with Crippen molar-refractivity contribution in [3.63, 3.8) is 0 Å². The highest BCUT2D eigenvalue weighted by Crippen LogP contribution is 2.21. The fourth-order valence-electron chi connectivity index (χ4n) is 1.74. The van der Waals surface area contributed by atoms with Crippen LogP contribution in [0, 0.1) is 0 Å². The molecule has 0 aliphatic carbocycles. The highest BCUT2D eigenvalue weighted by molar-refractivity contribution is 5.68. The maximum atomic E-state index is 3.32. The zero-order valence-electron chi connectivity index (χ0n) is 15.2. The minimum absolute atomic E-state index is 1.00. The first-order chi connectivity index (χ1) is 10.3. The summed E-state index contributed by atoms with van der Waals surface area (Å²) in [7, 11) is 1.94. The summed E-state index contributed by atoms with van der Waals surface area (Å²) < 4.78 is 0. The van der Waals surface area contributed by atoms with Gasteiger partial charge in [-0.05, 0) is 36.2 Å². The molecule has 0 amide bonds. The van der Waals surface area contributed by atoms with E-state index in [1.807, 2.05) is 34.7 Å². The maximum absolute atomic E-state index is 3.32. The Morgan fingerprint density at radius 3 is 1.90 bits per heavy atom. The third kappa shape index (κ3) is 10.1. The molecule has 2 rings (SSSR count). The molecule has 1 heterocycles. The highest BCUT2D eigenvalue weighted by Gasteiger charge is 2.04. The van der Waals surface area contributed by atoms with Crippen LogP contribution in [-0.2, 0) is 0 Å². The SMILES string of the molecule is CC.CC.CCC.CNc1ccc(C2=CCNCC2)cc1. The minimum Gasteiger partial charge on any atom is -0.388 e. The van der Waals surface area contributed by atoms with Crippen LogP contribution in [0.5, 0.6) is 0 Å². The van der Waals surface area contributed by atoms with Gasteiger partial charge in [-0.2, -0.15) is 0 Å². The molecular formula is C19H36N2. The Labute approximate surface area is 133 Å². The molecule has 2 heteroatoms. The molecule has 122 valence electrons. The van der Waals surface area contributed by atoms with Crippen LogP contribution in [0.4, 0.5) is 5.69 Å². The standard InChI is InChI=1S/C12H16N2.C3H8.2C2H6/c1-13-12-4-2-10(3-5-12)11-6-8-14-9-7-11;1-3-2;2*1-2/h2-6,13-14H,7-9H2,1H3;3H2,1-2H3;2*1-2H3. The van der Waals surface area contributed by atoms with Gasteiger partial charge >= 0.3 is 0 Å². The van der Waals surface area contributed by atoms with Crippen molar-refractivity contribution in [2.24, 2.45) is 0 Å².